The molecular weight excluding hydrogens is 294 g/mol. The van der Waals surface area contributed by atoms with Crippen molar-refractivity contribution in [2.24, 2.45) is 0 Å². The van der Waals surface area contributed by atoms with Crippen molar-refractivity contribution < 1.29 is 13.2 Å². The Hall–Kier alpha value is -0.620. The SMILES string of the molecule is CCOc1nc(CC)c(S(C)(=O)=O)cc1Br. The Bertz CT molecular complexity index is 485. The van der Waals surface area contributed by atoms with Crippen molar-refractivity contribution in [2.75, 3.05) is 12.9 Å². The second-order valence-electron chi connectivity index (χ2n) is 3.28. The number of rotatable bonds is 4. The van der Waals surface area contributed by atoms with Crippen LogP contribution in [0.1, 0.15) is 19.5 Å². The molecule has 0 fully saturated rings. The Kier molecular flexibility index (Phi) is 4.32. The maximum absolute atomic E-state index is 11.5. The van der Waals surface area contributed by atoms with E-state index in [1.54, 1.807) is 6.07 Å². The molecule has 0 N–H and O–H groups in total. The first kappa shape index (κ1) is 13.4. The third-order valence-corrected chi connectivity index (χ3v) is 3.72. The van der Waals surface area contributed by atoms with Gasteiger partial charge in [-0.25, -0.2) is 13.4 Å². The van der Waals surface area contributed by atoms with Crippen molar-refractivity contribution in [1.29, 1.82) is 0 Å². The minimum Gasteiger partial charge on any atom is -0.477 e. The number of pyridine rings is 1. The molecule has 0 saturated carbocycles. The largest absolute Gasteiger partial charge is 0.477 e. The second-order valence-corrected chi connectivity index (χ2v) is 6.12. The fraction of sp³-hybridized carbons (Fsp3) is 0.500. The van der Waals surface area contributed by atoms with Crippen molar-refractivity contribution in [1.82, 2.24) is 4.98 Å². The summed E-state index contributed by atoms with van der Waals surface area (Å²) in [6, 6.07) is 1.55. The first-order valence-electron chi connectivity index (χ1n) is 4.92. The van der Waals surface area contributed by atoms with E-state index in [4.69, 9.17) is 4.74 Å². The summed E-state index contributed by atoms with van der Waals surface area (Å²) in [6.45, 7) is 4.21. The molecule has 0 amide bonds. The van der Waals surface area contributed by atoms with Crippen molar-refractivity contribution >= 4 is 25.8 Å². The average Bonchev–Trinajstić information content (AvgIpc) is 2.19. The zero-order chi connectivity index (χ0) is 12.3. The summed E-state index contributed by atoms with van der Waals surface area (Å²) in [6.07, 6.45) is 1.73. The molecule has 0 spiro atoms. The van der Waals surface area contributed by atoms with Crippen molar-refractivity contribution in [3.8, 4) is 5.88 Å². The van der Waals surface area contributed by atoms with Gasteiger partial charge in [-0.05, 0) is 35.3 Å². The highest BCUT2D eigenvalue weighted by molar-refractivity contribution is 9.10. The maximum atomic E-state index is 11.5. The van der Waals surface area contributed by atoms with E-state index >= 15 is 0 Å². The summed E-state index contributed by atoms with van der Waals surface area (Å²) in [4.78, 5) is 4.45. The smallest absolute Gasteiger partial charge is 0.228 e. The lowest BCUT2D eigenvalue weighted by molar-refractivity contribution is 0.323. The van der Waals surface area contributed by atoms with E-state index in [-0.39, 0.29) is 4.90 Å². The number of hydrogen-bond acceptors (Lipinski definition) is 4. The molecule has 6 heteroatoms. The summed E-state index contributed by atoms with van der Waals surface area (Å²) >= 11 is 3.25. The van der Waals surface area contributed by atoms with Gasteiger partial charge >= 0.3 is 0 Å². The number of aryl methyl sites for hydroxylation is 1. The predicted octanol–water partition coefficient (Wildman–Crippen LogP) is 2.21. The Balaban J connectivity index is 3.38. The molecule has 0 unspecified atom stereocenters. The highest BCUT2D eigenvalue weighted by Gasteiger charge is 2.17. The van der Waals surface area contributed by atoms with E-state index in [9.17, 15) is 8.42 Å². The molecule has 0 saturated heterocycles. The topological polar surface area (TPSA) is 56.3 Å². The Morgan fingerprint density at radius 1 is 1.44 bits per heavy atom. The molecule has 0 aliphatic heterocycles. The molecule has 16 heavy (non-hydrogen) atoms. The van der Waals surface area contributed by atoms with Crippen LogP contribution in [0.3, 0.4) is 0 Å². The van der Waals surface area contributed by atoms with Crippen LogP contribution in [0.5, 0.6) is 5.88 Å². The van der Waals surface area contributed by atoms with Gasteiger partial charge in [0, 0.05) is 6.26 Å². The molecular formula is C10H14BrNO3S. The van der Waals surface area contributed by atoms with E-state index in [1.165, 1.54) is 6.26 Å². The minimum atomic E-state index is -3.25. The monoisotopic (exact) mass is 307 g/mol. The first-order chi connectivity index (χ1) is 7.40. The van der Waals surface area contributed by atoms with Crippen LogP contribution in [-0.2, 0) is 16.3 Å². The summed E-state index contributed by atoms with van der Waals surface area (Å²) in [5.74, 6) is 0.437. The molecule has 4 nitrogen and oxygen atoms in total. The van der Waals surface area contributed by atoms with Crippen molar-refractivity contribution in [3.63, 3.8) is 0 Å². The maximum Gasteiger partial charge on any atom is 0.228 e. The van der Waals surface area contributed by atoms with Crippen LogP contribution < -0.4 is 4.74 Å². The highest BCUT2D eigenvalue weighted by atomic mass is 79.9. The Morgan fingerprint density at radius 2 is 2.06 bits per heavy atom. The van der Waals surface area contributed by atoms with Crippen LogP contribution in [0, 0.1) is 0 Å². The number of ether oxygens (including phenoxy) is 1. The summed E-state index contributed by atoms with van der Waals surface area (Å²) in [5, 5.41) is 0. The third kappa shape index (κ3) is 2.95. The lowest BCUT2D eigenvalue weighted by Crippen LogP contribution is -2.06. The fourth-order valence-corrected chi connectivity index (χ4v) is 2.84. The second kappa shape index (κ2) is 5.14. The van der Waals surface area contributed by atoms with E-state index in [0.717, 1.165) is 0 Å². The molecule has 1 rings (SSSR count). The summed E-state index contributed by atoms with van der Waals surface area (Å²) in [5.41, 5.74) is 0.536. The van der Waals surface area contributed by atoms with Crippen molar-refractivity contribution in [3.05, 3.63) is 16.2 Å². The Labute approximate surface area is 104 Å². The summed E-state index contributed by atoms with van der Waals surface area (Å²) in [7, 11) is -3.25. The summed E-state index contributed by atoms with van der Waals surface area (Å²) < 4.78 is 28.9. The van der Waals surface area contributed by atoms with Gasteiger partial charge in [0.1, 0.15) is 0 Å². The number of nitrogens with zero attached hydrogens (tertiary/aromatic N) is 1. The van der Waals surface area contributed by atoms with Crippen LogP contribution in [0.25, 0.3) is 0 Å². The van der Waals surface area contributed by atoms with Gasteiger partial charge in [-0.3, -0.25) is 0 Å². The van der Waals surface area contributed by atoms with Crippen LogP contribution in [0.4, 0.5) is 0 Å². The quantitative estimate of drug-likeness (QED) is 0.856. The van der Waals surface area contributed by atoms with Gasteiger partial charge in [-0.2, -0.15) is 0 Å². The van der Waals surface area contributed by atoms with Gasteiger partial charge in [0.05, 0.1) is 21.7 Å². The van der Waals surface area contributed by atoms with Crippen LogP contribution >= 0.6 is 15.9 Å². The number of hydrogen-bond donors (Lipinski definition) is 0. The molecule has 1 heterocycles. The van der Waals surface area contributed by atoms with Gasteiger partial charge in [0.15, 0.2) is 9.84 Å². The molecule has 0 radical (unpaired) electrons. The number of sulfone groups is 1. The van der Waals surface area contributed by atoms with Crippen LogP contribution in [0.2, 0.25) is 0 Å². The standard InChI is InChI=1S/C10H14BrNO3S/c1-4-8-9(16(3,13)14)6-7(11)10(12-8)15-5-2/h6H,4-5H2,1-3H3. The van der Waals surface area contributed by atoms with Gasteiger partial charge in [0.2, 0.25) is 5.88 Å². The predicted molar refractivity (Wildman–Crippen MR) is 65.6 cm³/mol. The average molecular weight is 308 g/mol. The molecule has 0 atom stereocenters. The van der Waals surface area contributed by atoms with E-state index in [1.807, 2.05) is 13.8 Å². The fourth-order valence-electron chi connectivity index (χ4n) is 1.30. The lowest BCUT2D eigenvalue weighted by atomic mass is 10.3. The normalized spacial score (nSPS) is 11.5. The number of halogens is 1. The van der Waals surface area contributed by atoms with Gasteiger partial charge < -0.3 is 4.74 Å². The van der Waals surface area contributed by atoms with E-state index in [0.29, 0.717) is 29.1 Å². The van der Waals surface area contributed by atoms with Gasteiger partial charge in [-0.15, -0.1) is 0 Å². The zero-order valence-electron chi connectivity index (χ0n) is 9.45. The molecule has 0 aliphatic rings. The highest BCUT2D eigenvalue weighted by Crippen LogP contribution is 2.28. The van der Waals surface area contributed by atoms with E-state index in [2.05, 4.69) is 20.9 Å². The third-order valence-electron chi connectivity index (χ3n) is 2.00. The molecule has 0 bridgehead atoms. The molecule has 90 valence electrons. The van der Waals surface area contributed by atoms with E-state index < -0.39 is 9.84 Å². The van der Waals surface area contributed by atoms with Crippen LogP contribution in [-0.4, -0.2) is 26.3 Å². The van der Waals surface area contributed by atoms with Gasteiger partial charge in [0.25, 0.3) is 0 Å². The minimum absolute atomic E-state index is 0.255. The molecule has 1 aromatic rings. The first-order valence-corrected chi connectivity index (χ1v) is 7.60. The molecule has 0 aromatic carbocycles. The Morgan fingerprint density at radius 3 is 2.50 bits per heavy atom. The lowest BCUT2D eigenvalue weighted by Gasteiger charge is -2.10. The van der Waals surface area contributed by atoms with Gasteiger partial charge in [-0.1, -0.05) is 6.92 Å². The van der Waals surface area contributed by atoms with Crippen molar-refractivity contribution in [2.45, 2.75) is 25.2 Å². The number of aromatic nitrogens is 1. The zero-order valence-corrected chi connectivity index (χ0v) is 11.9. The van der Waals surface area contributed by atoms with Crippen LogP contribution in [0.15, 0.2) is 15.4 Å². The molecule has 1 aromatic heterocycles. The molecule has 0 aliphatic carbocycles.